The summed E-state index contributed by atoms with van der Waals surface area (Å²) < 4.78 is 5.34. The summed E-state index contributed by atoms with van der Waals surface area (Å²) in [5.74, 6) is 1.76. The molecule has 1 aliphatic heterocycles. The Hall–Kier alpha value is -3.02. The lowest BCUT2D eigenvalue weighted by molar-refractivity contribution is -0.129. The van der Waals surface area contributed by atoms with Crippen molar-refractivity contribution in [1.29, 1.82) is 0 Å². The van der Waals surface area contributed by atoms with Crippen molar-refractivity contribution in [1.82, 2.24) is 20.0 Å². The number of likely N-dealkylation sites (tertiary alicyclic amines) is 1. The predicted molar refractivity (Wildman–Crippen MR) is 96.1 cm³/mol. The van der Waals surface area contributed by atoms with E-state index < -0.39 is 0 Å². The van der Waals surface area contributed by atoms with Crippen LogP contribution in [0.4, 0.5) is 0 Å². The van der Waals surface area contributed by atoms with Crippen molar-refractivity contribution in [2.75, 3.05) is 13.1 Å². The molecule has 0 aliphatic carbocycles. The third-order valence-electron chi connectivity index (χ3n) is 4.70. The molecule has 1 unspecified atom stereocenters. The Balaban J connectivity index is 1.33. The summed E-state index contributed by atoms with van der Waals surface area (Å²) in [6.45, 7) is 1.55. The Labute approximate surface area is 151 Å². The van der Waals surface area contributed by atoms with E-state index in [1.165, 1.54) is 0 Å². The molecule has 3 aromatic rings. The lowest BCUT2D eigenvalue weighted by Gasteiger charge is -2.16. The van der Waals surface area contributed by atoms with Gasteiger partial charge in [0.25, 0.3) is 5.89 Å². The summed E-state index contributed by atoms with van der Waals surface area (Å²) in [5.41, 5.74) is 1.92. The number of hydrogen-bond donors (Lipinski definition) is 0. The van der Waals surface area contributed by atoms with Gasteiger partial charge in [-0.05, 0) is 30.0 Å². The van der Waals surface area contributed by atoms with E-state index in [1.54, 1.807) is 12.4 Å². The number of nitrogens with zero attached hydrogens (tertiary/aromatic N) is 4. The van der Waals surface area contributed by atoms with Crippen LogP contribution in [0.1, 0.15) is 17.8 Å². The van der Waals surface area contributed by atoms with Gasteiger partial charge in [-0.15, -0.1) is 0 Å². The van der Waals surface area contributed by atoms with E-state index in [-0.39, 0.29) is 5.91 Å². The van der Waals surface area contributed by atoms with Gasteiger partial charge < -0.3 is 9.42 Å². The molecular weight excluding hydrogens is 328 g/mol. The molecule has 1 fully saturated rings. The van der Waals surface area contributed by atoms with Crippen LogP contribution >= 0.6 is 0 Å². The Morgan fingerprint density at radius 3 is 2.77 bits per heavy atom. The summed E-state index contributed by atoms with van der Waals surface area (Å²) >= 11 is 0. The Kier molecular flexibility index (Phi) is 4.73. The molecule has 0 spiro atoms. The summed E-state index contributed by atoms with van der Waals surface area (Å²) in [4.78, 5) is 22.9. The number of rotatable bonds is 5. The van der Waals surface area contributed by atoms with Crippen molar-refractivity contribution < 1.29 is 9.32 Å². The third-order valence-corrected chi connectivity index (χ3v) is 4.70. The maximum absolute atomic E-state index is 12.5. The van der Waals surface area contributed by atoms with Crippen LogP contribution in [0.15, 0.2) is 59.4 Å². The molecule has 1 aliphatic rings. The molecule has 6 heteroatoms. The highest BCUT2D eigenvalue weighted by Crippen LogP contribution is 2.22. The topological polar surface area (TPSA) is 72.1 Å². The maximum atomic E-state index is 12.5. The zero-order valence-electron chi connectivity index (χ0n) is 14.4. The van der Waals surface area contributed by atoms with E-state index in [4.69, 9.17) is 4.52 Å². The molecular formula is C20H20N4O2. The van der Waals surface area contributed by atoms with Gasteiger partial charge in [0.15, 0.2) is 5.82 Å². The van der Waals surface area contributed by atoms with E-state index in [0.29, 0.717) is 24.1 Å². The van der Waals surface area contributed by atoms with E-state index in [0.717, 1.165) is 37.1 Å². The minimum absolute atomic E-state index is 0.185. The number of pyridine rings is 1. The van der Waals surface area contributed by atoms with Crippen molar-refractivity contribution in [2.45, 2.75) is 19.3 Å². The van der Waals surface area contributed by atoms with Crippen molar-refractivity contribution in [3.05, 3.63) is 66.2 Å². The number of aromatic nitrogens is 3. The minimum atomic E-state index is 0.185. The third kappa shape index (κ3) is 3.79. The summed E-state index contributed by atoms with van der Waals surface area (Å²) in [5, 5.41) is 4.08. The van der Waals surface area contributed by atoms with E-state index in [2.05, 4.69) is 15.1 Å². The number of amides is 1. The fourth-order valence-corrected chi connectivity index (χ4v) is 3.31. The molecule has 3 heterocycles. The van der Waals surface area contributed by atoms with Crippen LogP contribution in [-0.2, 0) is 17.6 Å². The second-order valence-electron chi connectivity index (χ2n) is 6.61. The first-order valence-corrected chi connectivity index (χ1v) is 8.82. The molecule has 1 saturated heterocycles. The molecule has 4 rings (SSSR count). The average molecular weight is 348 g/mol. The van der Waals surface area contributed by atoms with Crippen molar-refractivity contribution >= 4 is 5.91 Å². The van der Waals surface area contributed by atoms with Gasteiger partial charge in [0.05, 0.1) is 6.42 Å². The van der Waals surface area contributed by atoms with Gasteiger partial charge in [-0.3, -0.25) is 9.78 Å². The number of benzene rings is 1. The highest BCUT2D eigenvalue weighted by atomic mass is 16.5. The van der Waals surface area contributed by atoms with E-state index in [9.17, 15) is 4.79 Å². The molecule has 1 atom stereocenters. The molecule has 2 aromatic heterocycles. The number of carbonyl (C=O) groups is 1. The molecule has 26 heavy (non-hydrogen) atoms. The van der Waals surface area contributed by atoms with Crippen LogP contribution in [0, 0.1) is 5.92 Å². The summed E-state index contributed by atoms with van der Waals surface area (Å²) in [6, 6.07) is 13.6. The maximum Gasteiger partial charge on any atom is 0.258 e. The van der Waals surface area contributed by atoms with Gasteiger partial charge in [0.1, 0.15) is 0 Å². The van der Waals surface area contributed by atoms with Crippen molar-refractivity contribution in [2.24, 2.45) is 5.92 Å². The Bertz CT molecular complexity index is 864. The second-order valence-corrected chi connectivity index (χ2v) is 6.61. The van der Waals surface area contributed by atoms with Gasteiger partial charge in [0, 0.05) is 37.5 Å². The fourth-order valence-electron chi connectivity index (χ4n) is 3.31. The van der Waals surface area contributed by atoms with Crippen LogP contribution in [0.5, 0.6) is 0 Å². The first kappa shape index (κ1) is 16.4. The molecule has 1 amide bonds. The minimum Gasteiger partial charge on any atom is -0.342 e. The van der Waals surface area contributed by atoms with Crippen LogP contribution in [0.2, 0.25) is 0 Å². The van der Waals surface area contributed by atoms with Gasteiger partial charge >= 0.3 is 0 Å². The van der Waals surface area contributed by atoms with Crippen molar-refractivity contribution in [3.8, 4) is 11.5 Å². The summed E-state index contributed by atoms with van der Waals surface area (Å²) in [6.07, 6.45) is 5.56. The average Bonchev–Trinajstić information content (AvgIpc) is 3.33. The fraction of sp³-hybridized carbons (Fsp3) is 0.300. The zero-order valence-corrected chi connectivity index (χ0v) is 14.4. The highest BCUT2D eigenvalue weighted by Gasteiger charge is 2.27. The molecule has 132 valence electrons. The first-order chi connectivity index (χ1) is 12.8. The number of hydrogen-bond acceptors (Lipinski definition) is 5. The predicted octanol–water partition coefficient (Wildman–Crippen LogP) is 2.77. The van der Waals surface area contributed by atoms with Gasteiger partial charge in [-0.25, -0.2) is 0 Å². The van der Waals surface area contributed by atoms with E-state index in [1.807, 2.05) is 47.4 Å². The van der Waals surface area contributed by atoms with Crippen LogP contribution in [0.3, 0.4) is 0 Å². The normalized spacial score (nSPS) is 16.8. The van der Waals surface area contributed by atoms with Gasteiger partial charge in [0.2, 0.25) is 5.91 Å². The second kappa shape index (κ2) is 7.47. The Morgan fingerprint density at radius 2 is 1.96 bits per heavy atom. The summed E-state index contributed by atoms with van der Waals surface area (Å²) in [7, 11) is 0. The number of carbonyl (C=O) groups excluding carboxylic acids is 1. The lowest BCUT2D eigenvalue weighted by Crippen LogP contribution is -2.30. The lowest BCUT2D eigenvalue weighted by atomic mass is 10.0. The van der Waals surface area contributed by atoms with Crippen molar-refractivity contribution in [3.63, 3.8) is 0 Å². The largest absolute Gasteiger partial charge is 0.342 e. The Morgan fingerprint density at radius 1 is 1.15 bits per heavy atom. The van der Waals surface area contributed by atoms with Crippen LogP contribution in [-0.4, -0.2) is 39.0 Å². The smallest absolute Gasteiger partial charge is 0.258 e. The molecule has 0 saturated carbocycles. The monoisotopic (exact) mass is 348 g/mol. The SMILES string of the molecule is O=C(Cc1ccccc1)N1CCC(Cc2noc(-c3ccncc3)n2)C1. The quantitative estimate of drug-likeness (QED) is 0.709. The van der Waals surface area contributed by atoms with Gasteiger partial charge in [-0.2, -0.15) is 4.98 Å². The molecule has 6 nitrogen and oxygen atoms in total. The highest BCUT2D eigenvalue weighted by molar-refractivity contribution is 5.79. The molecule has 0 radical (unpaired) electrons. The zero-order chi connectivity index (χ0) is 17.8. The molecule has 0 bridgehead atoms. The van der Waals surface area contributed by atoms with E-state index >= 15 is 0 Å². The van der Waals surface area contributed by atoms with Crippen LogP contribution < -0.4 is 0 Å². The molecule has 1 aromatic carbocycles. The van der Waals surface area contributed by atoms with Crippen LogP contribution in [0.25, 0.3) is 11.5 Å². The standard InChI is InChI=1S/C20H20N4O2/c25-19(13-15-4-2-1-3-5-15)24-11-8-16(14-24)12-18-22-20(26-23-18)17-6-9-21-10-7-17/h1-7,9-10,16H,8,11-14H2. The molecule has 0 N–H and O–H groups in total. The first-order valence-electron chi connectivity index (χ1n) is 8.82. The van der Waals surface area contributed by atoms with Gasteiger partial charge in [-0.1, -0.05) is 35.5 Å².